The van der Waals surface area contributed by atoms with E-state index in [0.717, 1.165) is 25.3 Å². The van der Waals surface area contributed by atoms with Crippen LogP contribution in [0.3, 0.4) is 0 Å². The first-order valence-corrected chi connectivity index (χ1v) is 6.78. The molecule has 1 aromatic rings. The standard InChI is InChI=1S/C15H18F2N2O/c16-12-9-13(17)14(18)8-11(12)15(20)19-7-6-10-4-2-1-3-5-10/h4,8-9H,1-3,5-7,18H2,(H,19,20). The van der Waals surface area contributed by atoms with Gasteiger partial charge in [0.05, 0.1) is 11.3 Å². The molecule has 1 aliphatic carbocycles. The van der Waals surface area contributed by atoms with Crippen LogP contribution in [0.15, 0.2) is 23.8 Å². The van der Waals surface area contributed by atoms with E-state index >= 15 is 0 Å². The molecule has 3 nitrogen and oxygen atoms in total. The molecule has 1 amide bonds. The average molecular weight is 280 g/mol. The van der Waals surface area contributed by atoms with E-state index in [0.29, 0.717) is 12.6 Å². The second kappa shape index (κ2) is 6.50. The van der Waals surface area contributed by atoms with Gasteiger partial charge in [-0.25, -0.2) is 8.78 Å². The maximum absolute atomic E-state index is 13.5. The third-order valence-corrected chi connectivity index (χ3v) is 3.45. The van der Waals surface area contributed by atoms with Gasteiger partial charge >= 0.3 is 0 Å². The number of amides is 1. The lowest BCUT2D eigenvalue weighted by Gasteiger charge is -2.13. The van der Waals surface area contributed by atoms with Crippen LogP contribution in [0, 0.1) is 11.6 Å². The first-order chi connectivity index (χ1) is 9.58. The Kier molecular flexibility index (Phi) is 4.71. The van der Waals surface area contributed by atoms with Crippen molar-refractivity contribution in [3.63, 3.8) is 0 Å². The summed E-state index contributed by atoms with van der Waals surface area (Å²) in [5, 5.41) is 2.64. The molecule has 0 atom stereocenters. The van der Waals surface area contributed by atoms with Crippen molar-refractivity contribution in [2.24, 2.45) is 0 Å². The number of anilines is 1. The molecule has 0 unspecified atom stereocenters. The third kappa shape index (κ3) is 3.56. The molecule has 0 radical (unpaired) electrons. The molecule has 5 heteroatoms. The van der Waals surface area contributed by atoms with Crippen LogP contribution >= 0.6 is 0 Å². The highest BCUT2D eigenvalue weighted by molar-refractivity contribution is 5.95. The van der Waals surface area contributed by atoms with Crippen molar-refractivity contribution in [3.05, 3.63) is 41.0 Å². The third-order valence-electron chi connectivity index (χ3n) is 3.45. The van der Waals surface area contributed by atoms with Crippen molar-refractivity contribution in [2.45, 2.75) is 32.1 Å². The molecular weight excluding hydrogens is 262 g/mol. The number of nitrogens with two attached hydrogens (primary N) is 1. The zero-order valence-corrected chi connectivity index (χ0v) is 11.2. The fraction of sp³-hybridized carbons (Fsp3) is 0.400. The summed E-state index contributed by atoms with van der Waals surface area (Å²) in [5.74, 6) is -2.32. The Bertz CT molecular complexity index is 541. The van der Waals surface area contributed by atoms with Gasteiger partial charge in [-0.1, -0.05) is 11.6 Å². The van der Waals surface area contributed by atoms with Gasteiger partial charge in [0.15, 0.2) is 0 Å². The minimum Gasteiger partial charge on any atom is -0.396 e. The summed E-state index contributed by atoms with van der Waals surface area (Å²) in [5.41, 5.74) is 6.22. The number of hydrogen-bond acceptors (Lipinski definition) is 2. The first-order valence-electron chi connectivity index (χ1n) is 6.78. The zero-order valence-electron chi connectivity index (χ0n) is 11.2. The number of halogens is 2. The Balaban J connectivity index is 1.92. The molecule has 1 aromatic carbocycles. The number of hydrogen-bond donors (Lipinski definition) is 2. The molecule has 108 valence electrons. The van der Waals surface area contributed by atoms with Gasteiger partial charge in [0.2, 0.25) is 0 Å². The van der Waals surface area contributed by atoms with E-state index in [4.69, 9.17) is 5.73 Å². The van der Waals surface area contributed by atoms with Crippen LogP contribution in [0.4, 0.5) is 14.5 Å². The summed E-state index contributed by atoms with van der Waals surface area (Å²) in [6.07, 6.45) is 7.52. The Morgan fingerprint density at radius 1 is 1.25 bits per heavy atom. The Labute approximate surface area is 116 Å². The van der Waals surface area contributed by atoms with Crippen molar-refractivity contribution < 1.29 is 13.6 Å². The molecule has 0 fully saturated rings. The van der Waals surface area contributed by atoms with E-state index in [1.165, 1.54) is 18.4 Å². The quantitative estimate of drug-likeness (QED) is 0.657. The van der Waals surface area contributed by atoms with E-state index in [1.54, 1.807) is 0 Å². The van der Waals surface area contributed by atoms with E-state index in [9.17, 15) is 13.6 Å². The van der Waals surface area contributed by atoms with Crippen molar-refractivity contribution >= 4 is 11.6 Å². The summed E-state index contributed by atoms with van der Waals surface area (Å²) in [4.78, 5) is 11.8. The highest BCUT2D eigenvalue weighted by Crippen LogP contribution is 2.20. The largest absolute Gasteiger partial charge is 0.396 e. The summed E-state index contributed by atoms with van der Waals surface area (Å²) < 4.78 is 26.5. The molecule has 0 aromatic heterocycles. The molecular formula is C15H18F2N2O. The summed E-state index contributed by atoms with van der Waals surface area (Å²) in [6, 6.07) is 1.66. The van der Waals surface area contributed by atoms with Crippen molar-refractivity contribution in [1.82, 2.24) is 5.32 Å². The number of nitrogens with one attached hydrogen (secondary N) is 1. The molecule has 0 saturated carbocycles. The molecule has 0 bridgehead atoms. The fourth-order valence-corrected chi connectivity index (χ4v) is 2.30. The smallest absolute Gasteiger partial charge is 0.254 e. The lowest BCUT2D eigenvalue weighted by atomic mass is 9.97. The van der Waals surface area contributed by atoms with Crippen molar-refractivity contribution in [3.8, 4) is 0 Å². The predicted octanol–water partition coefficient (Wildman–Crippen LogP) is 3.17. The molecule has 0 heterocycles. The molecule has 0 saturated heterocycles. The molecule has 0 spiro atoms. The number of rotatable bonds is 4. The van der Waals surface area contributed by atoms with Crippen LogP contribution in [-0.4, -0.2) is 12.5 Å². The number of allylic oxidation sites excluding steroid dienone is 1. The molecule has 2 rings (SSSR count). The number of nitrogen functional groups attached to an aromatic ring is 1. The van der Waals surface area contributed by atoms with E-state index in [-0.39, 0.29) is 11.3 Å². The monoisotopic (exact) mass is 280 g/mol. The van der Waals surface area contributed by atoms with Gasteiger partial charge in [0, 0.05) is 12.6 Å². The van der Waals surface area contributed by atoms with E-state index < -0.39 is 17.5 Å². The summed E-state index contributed by atoms with van der Waals surface area (Å²) >= 11 is 0. The van der Waals surface area contributed by atoms with Crippen LogP contribution in [0.1, 0.15) is 42.5 Å². The van der Waals surface area contributed by atoms with Gasteiger partial charge in [-0.2, -0.15) is 0 Å². The van der Waals surface area contributed by atoms with Crippen molar-refractivity contribution in [1.29, 1.82) is 0 Å². The minimum atomic E-state index is -0.897. The summed E-state index contributed by atoms with van der Waals surface area (Å²) in [7, 11) is 0. The van der Waals surface area contributed by atoms with Gasteiger partial charge in [-0.3, -0.25) is 4.79 Å². The van der Waals surface area contributed by atoms with Gasteiger partial charge < -0.3 is 11.1 Å². The average Bonchev–Trinajstić information content (AvgIpc) is 2.44. The fourth-order valence-electron chi connectivity index (χ4n) is 2.30. The van der Waals surface area contributed by atoms with Crippen LogP contribution in [0.5, 0.6) is 0 Å². The highest BCUT2D eigenvalue weighted by atomic mass is 19.1. The van der Waals surface area contributed by atoms with Crippen LogP contribution in [0.2, 0.25) is 0 Å². The number of benzene rings is 1. The second-order valence-corrected chi connectivity index (χ2v) is 4.97. The Morgan fingerprint density at radius 2 is 2.05 bits per heavy atom. The van der Waals surface area contributed by atoms with E-state index in [2.05, 4.69) is 11.4 Å². The lowest BCUT2D eigenvalue weighted by molar-refractivity contribution is 0.0950. The summed E-state index contributed by atoms with van der Waals surface area (Å²) in [6.45, 7) is 0.446. The molecule has 20 heavy (non-hydrogen) atoms. The molecule has 3 N–H and O–H groups in total. The number of carbonyl (C=O) groups is 1. The maximum Gasteiger partial charge on any atom is 0.254 e. The van der Waals surface area contributed by atoms with Gasteiger partial charge in [0.1, 0.15) is 11.6 Å². The number of carbonyl (C=O) groups excluding carboxylic acids is 1. The molecule has 1 aliphatic rings. The van der Waals surface area contributed by atoms with Crippen molar-refractivity contribution in [2.75, 3.05) is 12.3 Å². The van der Waals surface area contributed by atoms with Gasteiger partial charge in [-0.05, 0) is 38.2 Å². The van der Waals surface area contributed by atoms with E-state index in [1.807, 2.05) is 0 Å². The van der Waals surface area contributed by atoms with Crippen LogP contribution in [-0.2, 0) is 0 Å². The topological polar surface area (TPSA) is 55.1 Å². The maximum atomic E-state index is 13.5. The van der Waals surface area contributed by atoms with Gasteiger partial charge in [-0.15, -0.1) is 0 Å². The second-order valence-electron chi connectivity index (χ2n) is 4.97. The van der Waals surface area contributed by atoms with Crippen LogP contribution in [0.25, 0.3) is 0 Å². The Hall–Kier alpha value is -1.91. The molecule has 0 aliphatic heterocycles. The predicted molar refractivity (Wildman–Crippen MR) is 74.3 cm³/mol. The Morgan fingerprint density at radius 3 is 2.75 bits per heavy atom. The first kappa shape index (κ1) is 14.5. The van der Waals surface area contributed by atoms with Gasteiger partial charge in [0.25, 0.3) is 5.91 Å². The normalized spacial score (nSPS) is 14.8. The SMILES string of the molecule is Nc1cc(C(=O)NCCC2=CCCCC2)c(F)cc1F. The lowest BCUT2D eigenvalue weighted by Crippen LogP contribution is -2.26. The minimum absolute atomic E-state index is 0.221. The highest BCUT2D eigenvalue weighted by Gasteiger charge is 2.14. The van der Waals surface area contributed by atoms with Crippen LogP contribution < -0.4 is 11.1 Å². The zero-order chi connectivity index (χ0) is 14.5.